The minimum absolute atomic E-state index is 1.04. The molecule has 0 spiro atoms. The van der Waals surface area contributed by atoms with E-state index in [2.05, 4.69) is 46.0 Å². The molecule has 1 aromatic rings. The van der Waals surface area contributed by atoms with E-state index in [9.17, 15) is 0 Å². The van der Waals surface area contributed by atoms with Crippen LogP contribution in [0, 0.1) is 0 Å². The minimum Gasteiger partial charge on any atom is -0.265 e. The Kier molecular flexibility index (Phi) is 4.76. The predicted molar refractivity (Wildman–Crippen MR) is 60.1 cm³/mol. The zero-order valence-electron chi connectivity index (χ0n) is 7.83. The number of alkyl halides is 1. The molecule has 0 aliphatic heterocycles. The largest absolute Gasteiger partial charge is 0.265 e. The second-order valence-electron chi connectivity index (χ2n) is 3.06. The third-order valence-corrected chi connectivity index (χ3v) is 2.29. The average molecular weight is 240 g/mol. The summed E-state index contributed by atoms with van der Waals surface area (Å²) in [4.78, 5) is 3.99. The lowest BCUT2D eigenvalue weighted by Gasteiger charge is -2.00. The van der Waals surface area contributed by atoms with Gasteiger partial charge in [-0.2, -0.15) is 0 Å². The summed E-state index contributed by atoms with van der Waals surface area (Å²) in [5.41, 5.74) is 2.75. The van der Waals surface area contributed by atoms with Crippen LogP contribution >= 0.6 is 15.9 Å². The molecular formula is C11H14BrN. The van der Waals surface area contributed by atoms with E-state index < -0.39 is 0 Å². The van der Waals surface area contributed by atoms with Gasteiger partial charge in [-0.3, -0.25) is 4.98 Å². The highest BCUT2D eigenvalue weighted by atomic mass is 79.9. The van der Waals surface area contributed by atoms with Crippen LogP contribution in [0.25, 0.3) is 0 Å². The number of halogens is 1. The summed E-state index contributed by atoms with van der Waals surface area (Å²) in [5, 5.41) is 1.04. The quantitative estimate of drug-likeness (QED) is 0.581. The summed E-state index contributed by atoms with van der Waals surface area (Å²) in [6.45, 7) is 2.17. The lowest BCUT2D eigenvalue weighted by molar-refractivity contribution is 1.09. The smallest absolute Gasteiger partial charge is 0.0270 e. The Hall–Kier alpha value is -0.630. The van der Waals surface area contributed by atoms with Gasteiger partial charge in [-0.15, -0.1) is 0 Å². The number of pyridine rings is 1. The third-order valence-electron chi connectivity index (χ3n) is 1.83. The summed E-state index contributed by atoms with van der Waals surface area (Å²) < 4.78 is 0. The molecule has 13 heavy (non-hydrogen) atoms. The van der Waals surface area contributed by atoms with Crippen LogP contribution in [-0.2, 0) is 6.42 Å². The summed E-state index contributed by atoms with van der Waals surface area (Å²) in [6, 6.07) is 4.12. The molecule has 1 heterocycles. The summed E-state index contributed by atoms with van der Waals surface area (Å²) >= 11 is 3.41. The summed E-state index contributed by atoms with van der Waals surface area (Å²) in [6.07, 6.45) is 8.10. The van der Waals surface area contributed by atoms with Gasteiger partial charge < -0.3 is 0 Å². The fourth-order valence-electron chi connectivity index (χ4n) is 1.20. The van der Waals surface area contributed by atoms with Crippen molar-refractivity contribution < 1.29 is 0 Å². The zero-order valence-corrected chi connectivity index (χ0v) is 9.42. The molecule has 0 bridgehead atoms. The standard InChI is InChI=1S/C11H14BrN/c1-10(3-2-6-12)9-11-4-7-13-8-5-11/h3-5,7-8H,2,6,9H2,1H3. The Bertz CT molecular complexity index is 267. The number of allylic oxidation sites excluding steroid dienone is 2. The first-order chi connectivity index (χ1) is 6.33. The van der Waals surface area contributed by atoms with Gasteiger partial charge in [0.1, 0.15) is 0 Å². The van der Waals surface area contributed by atoms with Crippen molar-refractivity contribution in [3.05, 3.63) is 41.7 Å². The molecule has 0 radical (unpaired) electrons. The normalized spacial score (nSPS) is 11.7. The molecule has 1 nitrogen and oxygen atoms in total. The molecule has 0 amide bonds. The van der Waals surface area contributed by atoms with Crippen LogP contribution in [0.1, 0.15) is 18.9 Å². The Labute approximate surface area is 88.0 Å². The lowest BCUT2D eigenvalue weighted by Crippen LogP contribution is -1.87. The van der Waals surface area contributed by atoms with Crippen molar-refractivity contribution in [3.8, 4) is 0 Å². The lowest BCUT2D eigenvalue weighted by atomic mass is 10.1. The molecule has 0 aliphatic carbocycles. The molecule has 0 aliphatic rings. The summed E-state index contributed by atoms with van der Waals surface area (Å²) in [7, 11) is 0. The van der Waals surface area contributed by atoms with Gasteiger partial charge in [0.2, 0.25) is 0 Å². The summed E-state index contributed by atoms with van der Waals surface area (Å²) in [5.74, 6) is 0. The van der Waals surface area contributed by atoms with E-state index in [0.29, 0.717) is 0 Å². The first kappa shape index (κ1) is 10.5. The maximum absolute atomic E-state index is 3.99. The van der Waals surface area contributed by atoms with E-state index in [4.69, 9.17) is 0 Å². The first-order valence-electron chi connectivity index (χ1n) is 4.43. The van der Waals surface area contributed by atoms with Crippen LogP contribution in [0.3, 0.4) is 0 Å². The molecule has 70 valence electrons. The number of hydrogen-bond donors (Lipinski definition) is 0. The van der Waals surface area contributed by atoms with E-state index in [-0.39, 0.29) is 0 Å². The van der Waals surface area contributed by atoms with E-state index >= 15 is 0 Å². The highest BCUT2D eigenvalue weighted by Gasteiger charge is 1.92. The van der Waals surface area contributed by atoms with Crippen molar-refractivity contribution in [1.29, 1.82) is 0 Å². The fourth-order valence-corrected chi connectivity index (χ4v) is 1.42. The Morgan fingerprint density at radius 3 is 2.77 bits per heavy atom. The van der Waals surface area contributed by atoms with Gasteiger partial charge in [0.05, 0.1) is 0 Å². The molecule has 0 unspecified atom stereocenters. The molecule has 0 saturated carbocycles. The molecule has 1 aromatic heterocycles. The van der Waals surface area contributed by atoms with Crippen LogP contribution in [0.4, 0.5) is 0 Å². The van der Waals surface area contributed by atoms with Gasteiger partial charge in [-0.1, -0.05) is 27.6 Å². The van der Waals surface area contributed by atoms with Crippen LogP contribution in [-0.4, -0.2) is 10.3 Å². The number of nitrogens with zero attached hydrogens (tertiary/aromatic N) is 1. The molecule has 0 N–H and O–H groups in total. The predicted octanol–water partition coefficient (Wildman–Crippen LogP) is 3.36. The molecule has 2 heteroatoms. The van der Waals surface area contributed by atoms with Gasteiger partial charge in [-0.05, 0) is 37.5 Å². The zero-order chi connectivity index (χ0) is 9.52. The Morgan fingerprint density at radius 2 is 2.15 bits per heavy atom. The topological polar surface area (TPSA) is 12.9 Å². The van der Waals surface area contributed by atoms with Gasteiger partial charge in [0.25, 0.3) is 0 Å². The maximum atomic E-state index is 3.99. The second-order valence-corrected chi connectivity index (χ2v) is 3.85. The van der Waals surface area contributed by atoms with Crippen LogP contribution < -0.4 is 0 Å². The van der Waals surface area contributed by atoms with E-state index in [0.717, 1.165) is 18.2 Å². The minimum atomic E-state index is 1.04. The third kappa shape index (κ3) is 4.23. The van der Waals surface area contributed by atoms with Gasteiger partial charge >= 0.3 is 0 Å². The maximum Gasteiger partial charge on any atom is 0.0270 e. The van der Waals surface area contributed by atoms with Crippen LogP contribution in [0.15, 0.2) is 36.2 Å². The molecule has 0 fully saturated rings. The number of rotatable bonds is 4. The molecule has 0 aromatic carbocycles. The van der Waals surface area contributed by atoms with Crippen LogP contribution in [0.2, 0.25) is 0 Å². The van der Waals surface area contributed by atoms with Gasteiger partial charge in [0.15, 0.2) is 0 Å². The van der Waals surface area contributed by atoms with Gasteiger partial charge in [0, 0.05) is 17.7 Å². The van der Waals surface area contributed by atoms with Crippen molar-refractivity contribution >= 4 is 15.9 Å². The molecule has 0 atom stereocenters. The highest BCUT2D eigenvalue weighted by molar-refractivity contribution is 9.09. The molecule has 0 saturated heterocycles. The second kappa shape index (κ2) is 5.92. The van der Waals surface area contributed by atoms with E-state index in [1.807, 2.05) is 12.4 Å². The van der Waals surface area contributed by atoms with E-state index in [1.165, 1.54) is 11.1 Å². The van der Waals surface area contributed by atoms with Crippen molar-refractivity contribution in [1.82, 2.24) is 4.98 Å². The molecule has 1 rings (SSSR count). The van der Waals surface area contributed by atoms with E-state index in [1.54, 1.807) is 0 Å². The monoisotopic (exact) mass is 239 g/mol. The van der Waals surface area contributed by atoms with Crippen LogP contribution in [0.5, 0.6) is 0 Å². The number of aromatic nitrogens is 1. The first-order valence-corrected chi connectivity index (χ1v) is 5.55. The Morgan fingerprint density at radius 1 is 1.46 bits per heavy atom. The van der Waals surface area contributed by atoms with Crippen molar-refractivity contribution in [2.45, 2.75) is 19.8 Å². The van der Waals surface area contributed by atoms with Crippen molar-refractivity contribution in [2.75, 3.05) is 5.33 Å². The number of hydrogen-bond acceptors (Lipinski definition) is 1. The Balaban J connectivity index is 2.50. The highest BCUT2D eigenvalue weighted by Crippen LogP contribution is 2.07. The molecular weight excluding hydrogens is 226 g/mol. The fraction of sp³-hybridized carbons (Fsp3) is 0.364. The average Bonchev–Trinajstić information content (AvgIpc) is 2.16. The van der Waals surface area contributed by atoms with Crippen molar-refractivity contribution in [2.24, 2.45) is 0 Å². The van der Waals surface area contributed by atoms with Gasteiger partial charge in [-0.25, -0.2) is 0 Å². The van der Waals surface area contributed by atoms with Crippen molar-refractivity contribution in [3.63, 3.8) is 0 Å². The SMILES string of the molecule is CC(=CCCBr)Cc1ccncc1.